The molecule has 0 amide bonds. The number of ether oxygens (including phenoxy) is 1. The first-order valence-electron chi connectivity index (χ1n) is 5.34. The predicted molar refractivity (Wildman–Crippen MR) is 55.9 cm³/mol. The van der Waals surface area contributed by atoms with Crippen molar-refractivity contribution < 1.29 is 9.84 Å². The fourth-order valence-electron chi connectivity index (χ4n) is 1.35. The molecule has 0 spiro atoms. The zero-order chi connectivity index (χ0) is 10.2. The van der Waals surface area contributed by atoms with Gasteiger partial charge in [-0.05, 0) is 13.3 Å². The lowest BCUT2D eigenvalue weighted by Gasteiger charge is -2.25. The van der Waals surface area contributed by atoms with Crippen molar-refractivity contribution >= 4 is 0 Å². The SMILES string of the molecule is CCCCCCCC(C)(CO)OC. The average molecular weight is 188 g/mol. The maximum atomic E-state index is 9.06. The molecule has 0 radical (unpaired) electrons. The minimum atomic E-state index is -0.313. The van der Waals surface area contributed by atoms with E-state index >= 15 is 0 Å². The second-order valence-electron chi connectivity index (χ2n) is 3.98. The van der Waals surface area contributed by atoms with Gasteiger partial charge in [-0.15, -0.1) is 0 Å². The Morgan fingerprint density at radius 2 is 1.77 bits per heavy atom. The van der Waals surface area contributed by atoms with Crippen molar-refractivity contribution in [2.75, 3.05) is 13.7 Å². The summed E-state index contributed by atoms with van der Waals surface area (Å²) in [7, 11) is 1.67. The molecule has 2 heteroatoms. The first kappa shape index (κ1) is 12.9. The van der Waals surface area contributed by atoms with Crippen LogP contribution in [0.5, 0.6) is 0 Å². The van der Waals surface area contributed by atoms with E-state index < -0.39 is 0 Å². The van der Waals surface area contributed by atoms with Crippen LogP contribution in [0.15, 0.2) is 0 Å². The van der Waals surface area contributed by atoms with Crippen LogP contribution in [-0.2, 0) is 4.74 Å². The van der Waals surface area contributed by atoms with Crippen LogP contribution in [0.1, 0.15) is 52.4 Å². The Bertz CT molecular complexity index is 109. The summed E-state index contributed by atoms with van der Waals surface area (Å²) in [6.07, 6.45) is 7.29. The molecule has 1 unspecified atom stereocenters. The van der Waals surface area contributed by atoms with E-state index in [0.29, 0.717) is 0 Å². The van der Waals surface area contributed by atoms with E-state index in [2.05, 4.69) is 6.92 Å². The van der Waals surface area contributed by atoms with Gasteiger partial charge in [0.15, 0.2) is 0 Å². The Morgan fingerprint density at radius 1 is 1.15 bits per heavy atom. The molecule has 0 aromatic rings. The van der Waals surface area contributed by atoms with Gasteiger partial charge in [0.05, 0.1) is 12.2 Å². The lowest BCUT2D eigenvalue weighted by atomic mass is 9.98. The average Bonchev–Trinajstić information content (AvgIpc) is 2.17. The van der Waals surface area contributed by atoms with Gasteiger partial charge in [0.2, 0.25) is 0 Å². The molecule has 0 aliphatic carbocycles. The van der Waals surface area contributed by atoms with Crippen molar-refractivity contribution in [1.82, 2.24) is 0 Å². The smallest absolute Gasteiger partial charge is 0.0880 e. The Morgan fingerprint density at radius 3 is 2.23 bits per heavy atom. The number of hydrogen-bond donors (Lipinski definition) is 1. The first-order chi connectivity index (χ1) is 6.18. The number of hydrogen-bond acceptors (Lipinski definition) is 2. The minimum Gasteiger partial charge on any atom is -0.393 e. The lowest BCUT2D eigenvalue weighted by molar-refractivity contribution is -0.0447. The zero-order valence-electron chi connectivity index (χ0n) is 9.31. The fraction of sp³-hybridized carbons (Fsp3) is 1.00. The second kappa shape index (κ2) is 7.34. The van der Waals surface area contributed by atoms with Crippen molar-refractivity contribution in [3.8, 4) is 0 Å². The molecule has 0 fully saturated rings. The van der Waals surface area contributed by atoms with Gasteiger partial charge in [-0.3, -0.25) is 0 Å². The van der Waals surface area contributed by atoms with Crippen LogP contribution in [0.25, 0.3) is 0 Å². The van der Waals surface area contributed by atoms with E-state index in [4.69, 9.17) is 9.84 Å². The highest BCUT2D eigenvalue weighted by Crippen LogP contribution is 2.18. The molecule has 1 atom stereocenters. The molecule has 0 rings (SSSR count). The summed E-state index contributed by atoms with van der Waals surface area (Å²) in [5, 5.41) is 9.06. The summed E-state index contributed by atoms with van der Waals surface area (Å²) < 4.78 is 5.24. The van der Waals surface area contributed by atoms with Crippen LogP contribution < -0.4 is 0 Å². The lowest BCUT2D eigenvalue weighted by Crippen LogP contribution is -2.31. The molecule has 1 N–H and O–H groups in total. The van der Waals surface area contributed by atoms with Gasteiger partial charge in [0.25, 0.3) is 0 Å². The molecule has 0 bridgehead atoms. The Hall–Kier alpha value is -0.0800. The molecule has 2 nitrogen and oxygen atoms in total. The summed E-state index contributed by atoms with van der Waals surface area (Å²) in [6.45, 7) is 4.30. The van der Waals surface area contributed by atoms with Crippen LogP contribution >= 0.6 is 0 Å². The third-order valence-corrected chi connectivity index (χ3v) is 2.64. The molecular formula is C11H24O2. The van der Waals surface area contributed by atoms with Gasteiger partial charge in [0.1, 0.15) is 0 Å². The molecular weight excluding hydrogens is 164 g/mol. The van der Waals surface area contributed by atoms with Crippen LogP contribution in [0.4, 0.5) is 0 Å². The summed E-state index contributed by atoms with van der Waals surface area (Å²) >= 11 is 0. The van der Waals surface area contributed by atoms with Crippen LogP contribution in [-0.4, -0.2) is 24.4 Å². The number of methoxy groups -OCH3 is 1. The Labute approximate surface area is 82.3 Å². The highest BCUT2D eigenvalue weighted by molar-refractivity contribution is 4.72. The van der Waals surface area contributed by atoms with Gasteiger partial charge < -0.3 is 9.84 Å². The second-order valence-corrected chi connectivity index (χ2v) is 3.98. The minimum absolute atomic E-state index is 0.122. The number of aliphatic hydroxyl groups is 1. The van der Waals surface area contributed by atoms with Crippen LogP contribution in [0, 0.1) is 0 Å². The Balaban J connectivity index is 3.39. The molecule has 0 aromatic heterocycles. The third-order valence-electron chi connectivity index (χ3n) is 2.64. The molecule has 0 aromatic carbocycles. The monoisotopic (exact) mass is 188 g/mol. The largest absolute Gasteiger partial charge is 0.393 e. The van der Waals surface area contributed by atoms with Crippen LogP contribution in [0.2, 0.25) is 0 Å². The van der Waals surface area contributed by atoms with E-state index in [0.717, 1.165) is 12.8 Å². The molecule has 0 aliphatic heterocycles. The van der Waals surface area contributed by atoms with Gasteiger partial charge in [-0.1, -0.05) is 39.0 Å². The van der Waals surface area contributed by atoms with Gasteiger partial charge in [0, 0.05) is 7.11 Å². The molecule has 0 saturated carbocycles. The van der Waals surface area contributed by atoms with E-state index in [-0.39, 0.29) is 12.2 Å². The third kappa shape index (κ3) is 6.05. The van der Waals surface area contributed by atoms with E-state index in [1.807, 2.05) is 6.92 Å². The van der Waals surface area contributed by atoms with Crippen molar-refractivity contribution in [2.24, 2.45) is 0 Å². The van der Waals surface area contributed by atoms with Crippen molar-refractivity contribution in [2.45, 2.75) is 58.0 Å². The molecule has 0 heterocycles. The number of aliphatic hydroxyl groups excluding tert-OH is 1. The fourth-order valence-corrected chi connectivity index (χ4v) is 1.35. The predicted octanol–water partition coefficient (Wildman–Crippen LogP) is 2.74. The number of unbranched alkanes of at least 4 members (excludes halogenated alkanes) is 4. The maximum absolute atomic E-state index is 9.06. The highest BCUT2D eigenvalue weighted by atomic mass is 16.5. The van der Waals surface area contributed by atoms with E-state index in [1.165, 1.54) is 25.7 Å². The molecule has 13 heavy (non-hydrogen) atoms. The zero-order valence-corrected chi connectivity index (χ0v) is 9.31. The van der Waals surface area contributed by atoms with Gasteiger partial charge in [-0.2, -0.15) is 0 Å². The van der Waals surface area contributed by atoms with E-state index in [1.54, 1.807) is 7.11 Å². The van der Waals surface area contributed by atoms with Crippen LogP contribution in [0.3, 0.4) is 0 Å². The molecule has 80 valence electrons. The summed E-state index contributed by atoms with van der Waals surface area (Å²) in [6, 6.07) is 0. The van der Waals surface area contributed by atoms with Gasteiger partial charge >= 0.3 is 0 Å². The maximum Gasteiger partial charge on any atom is 0.0880 e. The summed E-state index contributed by atoms with van der Waals surface area (Å²) in [5.41, 5.74) is -0.313. The topological polar surface area (TPSA) is 29.5 Å². The van der Waals surface area contributed by atoms with E-state index in [9.17, 15) is 0 Å². The standard InChI is InChI=1S/C11H24O2/c1-4-5-6-7-8-9-11(2,10-12)13-3/h12H,4-10H2,1-3H3. The molecule has 0 aliphatic rings. The van der Waals surface area contributed by atoms with Crippen molar-refractivity contribution in [1.29, 1.82) is 0 Å². The number of rotatable bonds is 8. The Kier molecular flexibility index (Phi) is 7.29. The summed E-state index contributed by atoms with van der Waals surface area (Å²) in [5.74, 6) is 0. The van der Waals surface area contributed by atoms with Gasteiger partial charge in [-0.25, -0.2) is 0 Å². The highest BCUT2D eigenvalue weighted by Gasteiger charge is 2.21. The normalized spacial score (nSPS) is 15.7. The van der Waals surface area contributed by atoms with Crippen molar-refractivity contribution in [3.63, 3.8) is 0 Å². The summed E-state index contributed by atoms with van der Waals surface area (Å²) in [4.78, 5) is 0. The van der Waals surface area contributed by atoms with Crippen molar-refractivity contribution in [3.05, 3.63) is 0 Å². The first-order valence-corrected chi connectivity index (χ1v) is 5.34. The quantitative estimate of drug-likeness (QED) is 0.593. The molecule has 0 saturated heterocycles.